The lowest BCUT2D eigenvalue weighted by Crippen LogP contribution is -2.34. The van der Waals surface area contributed by atoms with E-state index in [0.29, 0.717) is 18.4 Å². The molecule has 1 aliphatic carbocycles. The number of carbonyl (C=O) groups excluding carboxylic acids is 1. The van der Waals surface area contributed by atoms with Gasteiger partial charge in [-0.2, -0.15) is 0 Å². The zero-order valence-electron chi connectivity index (χ0n) is 19.5. The number of amides is 1. The van der Waals surface area contributed by atoms with Crippen LogP contribution in [0.1, 0.15) is 46.8 Å². The summed E-state index contributed by atoms with van der Waals surface area (Å²) in [7, 11) is 4.12. The van der Waals surface area contributed by atoms with Gasteiger partial charge in [0.25, 0.3) is 5.91 Å². The van der Waals surface area contributed by atoms with Gasteiger partial charge in [-0.1, -0.05) is 54.6 Å². The molecule has 1 heterocycles. The lowest BCUT2D eigenvalue weighted by Gasteiger charge is -2.39. The van der Waals surface area contributed by atoms with Gasteiger partial charge in [0.05, 0.1) is 17.3 Å². The summed E-state index contributed by atoms with van der Waals surface area (Å²) in [5.41, 5.74) is 6.33. The topological polar surface area (TPSA) is 35.6 Å². The first-order valence-corrected chi connectivity index (χ1v) is 11.8. The Morgan fingerprint density at radius 2 is 1.70 bits per heavy atom. The minimum Gasteiger partial charge on any atom is -0.378 e. The minimum atomic E-state index is 0.0372. The first-order chi connectivity index (χ1) is 16.1. The summed E-state index contributed by atoms with van der Waals surface area (Å²) in [6, 6.07) is 25.1. The number of nitrogens with one attached hydrogen (secondary N) is 1. The van der Waals surface area contributed by atoms with Gasteiger partial charge < -0.3 is 15.1 Å². The van der Waals surface area contributed by atoms with E-state index in [2.05, 4.69) is 66.8 Å². The number of benzene rings is 3. The molecular weight excluding hydrogens is 406 g/mol. The number of hydrogen-bond acceptors (Lipinski definition) is 3. The maximum Gasteiger partial charge on any atom is 0.260 e. The number of anilines is 3. The van der Waals surface area contributed by atoms with Crippen molar-refractivity contribution in [1.82, 2.24) is 0 Å². The summed E-state index contributed by atoms with van der Waals surface area (Å²) in [5, 5.41) is 3.81. The molecule has 3 aromatic carbocycles. The molecule has 0 bridgehead atoms. The number of hydrogen-bond donors (Lipinski definition) is 1. The van der Waals surface area contributed by atoms with Gasteiger partial charge in [0.1, 0.15) is 0 Å². The first kappa shape index (κ1) is 21.3. The van der Waals surface area contributed by atoms with Crippen LogP contribution >= 0.6 is 0 Å². The monoisotopic (exact) mass is 437 g/mol. The van der Waals surface area contributed by atoms with Crippen molar-refractivity contribution >= 4 is 23.0 Å². The van der Waals surface area contributed by atoms with Crippen LogP contribution in [-0.2, 0) is 0 Å². The molecule has 168 valence electrons. The molecule has 5 rings (SSSR count). The van der Waals surface area contributed by atoms with E-state index in [-0.39, 0.29) is 11.9 Å². The third kappa shape index (κ3) is 3.80. The quantitative estimate of drug-likeness (QED) is 0.480. The largest absolute Gasteiger partial charge is 0.378 e. The summed E-state index contributed by atoms with van der Waals surface area (Å²) >= 11 is 0. The van der Waals surface area contributed by atoms with E-state index in [0.717, 1.165) is 23.4 Å². The van der Waals surface area contributed by atoms with Gasteiger partial charge in [-0.3, -0.25) is 4.79 Å². The number of para-hydroxylation sites is 2. The molecule has 0 spiro atoms. The molecule has 0 fully saturated rings. The van der Waals surface area contributed by atoms with Crippen molar-refractivity contribution in [2.75, 3.05) is 35.8 Å². The van der Waals surface area contributed by atoms with Crippen molar-refractivity contribution in [3.63, 3.8) is 0 Å². The predicted octanol–water partition coefficient (Wildman–Crippen LogP) is 6.25. The molecule has 4 heteroatoms. The number of nitrogens with zero attached hydrogens (tertiary/aromatic N) is 2. The van der Waals surface area contributed by atoms with E-state index in [4.69, 9.17) is 0 Å². The van der Waals surface area contributed by atoms with E-state index in [1.165, 1.54) is 16.8 Å². The second-order valence-corrected chi connectivity index (χ2v) is 9.12. The Labute approximate surface area is 196 Å². The Bertz CT molecular complexity index is 1170. The third-order valence-corrected chi connectivity index (χ3v) is 7.02. The van der Waals surface area contributed by atoms with Crippen molar-refractivity contribution in [2.24, 2.45) is 5.92 Å². The number of allylic oxidation sites excluding steroid dienone is 2. The lowest BCUT2D eigenvalue weighted by molar-refractivity contribution is 0.0988. The third-order valence-electron chi connectivity index (χ3n) is 7.02. The van der Waals surface area contributed by atoms with Crippen LogP contribution in [0, 0.1) is 5.92 Å². The Morgan fingerprint density at radius 3 is 2.39 bits per heavy atom. The van der Waals surface area contributed by atoms with Crippen LogP contribution in [0.5, 0.6) is 0 Å². The summed E-state index contributed by atoms with van der Waals surface area (Å²) < 4.78 is 0. The zero-order chi connectivity index (χ0) is 22.9. The smallest absolute Gasteiger partial charge is 0.260 e. The van der Waals surface area contributed by atoms with Gasteiger partial charge in [0.15, 0.2) is 0 Å². The van der Waals surface area contributed by atoms with Crippen molar-refractivity contribution in [3.05, 3.63) is 102 Å². The van der Waals surface area contributed by atoms with Crippen LogP contribution in [0.4, 0.5) is 17.1 Å². The van der Waals surface area contributed by atoms with Crippen molar-refractivity contribution in [1.29, 1.82) is 0 Å². The van der Waals surface area contributed by atoms with Gasteiger partial charge in [-0.25, -0.2) is 0 Å². The van der Waals surface area contributed by atoms with Gasteiger partial charge >= 0.3 is 0 Å². The molecule has 3 aromatic rings. The van der Waals surface area contributed by atoms with E-state index >= 15 is 0 Å². The van der Waals surface area contributed by atoms with Gasteiger partial charge in [-0.15, -0.1) is 0 Å². The Morgan fingerprint density at radius 1 is 0.939 bits per heavy atom. The average molecular weight is 438 g/mol. The molecule has 2 aliphatic rings. The first-order valence-electron chi connectivity index (χ1n) is 11.8. The maximum absolute atomic E-state index is 13.8. The van der Waals surface area contributed by atoms with E-state index in [9.17, 15) is 4.79 Å². The van der Waals surface area contributed by atoms with Crippen molar-refractivity contribution in [3.8, 4) is 0 Å². The van der Waals surface area contributed by atoms with E-state index in [1.807, 2.05) is 54.3 Å². The molecule has 1 N–H and O–H groups in total. The van der Waals surface area contributed by atoms with Gasteiger partial charge in [0.2, 0.25) is 0 Å². The van der Waals surface area contributed by atoms with Crippen molar-refractivity contribution < 1.29 is 4.79 Å². The molecule has 1 amide bonds. The second-order valence-electron chi connectivity index (χ2n) is 9.12. The fourth-order valence-corrected chi connectivity index (χ4v) is 5.31. The zero-order valence-corrected chi connectivity index (χ0v) is 19.5. The van der Waals surface area contributed by atoms with Gasteiger partial charge in [-0.05, 0) is 60.7 Å². The molecule has 0 radical (unpaired) electrons. The van der Waals surface area contributed by atoms with Crippen LogP contribution in [0.2, 0.25) is 0 Å². The molecule has 3 unspecified atom stereocenters. The maximum atomic E-state index is 13.8. The number of carbonyl (C=O) groups is 1. The van der Waals surface area contributed by atoms with E-state index < -0.39 is 0 Å². The lowest BCUT2D eigenvalue weighted by atomic mass is 9.76. The SMILES string of the molecule is CCN(C(=O)c1cccc2c1NC(c1ccc(N(C)C)cc1)C1CC=CC21)c1ccccc1. The van der Waals surface area contributed by atoms with Crippen LogP contribution < -0.4 is 15.1 Å². The highest BCUT2D eigenvalue weighted by Gasteiger charge is 2.39. The summed E-state index contributed by atoms with van der Waals surface area (Å²) in [4.78, 5) is 17.7. The van der Waals surface area contributed by atoms with Crippen LogP contribution in [0.3, 0.4) is 0 Å². The fourth-order valence-electron chi connectivity index (χ4n) is 5.31. The highest BCUT2D eigenvalue weighted by molar-refractivity contribution is 6.10. The van der Waals surface area contributed by atoms with Crippen LogP contribution in [0.15, 0.2) is 84.9 Å². The van der Waals surface area contributed by atoms with Crippen molar-refractivity contribution in [2.45, 2.75) is 25.3 Å². The van der Waals surface area contributed by atoms with Gasteiger partial charge in [0, 0.05) is 37.9 Å². The normalized spacial score (nSPS) is 20.5. The van der Waals surface area contributed by atoms with Crippen LogP contribution in [-0.4, -0.2) is 26.5 Å². The fraction of sp³-hybridized carbons (Fsp3) is 0.276. The molecule has 0 saturated heterocycles. The summed E-state index contributed by atoms with van der Waals surface area (Å²) in [5.74, 6) is 0.805. The Hall–Kier alpha value is -3.53. The Balaban J connectivity index is 1.54. The van der Waals surface area contributed by atoms with E-state index in [1.54, 1.807) is 0 Å². The highest BCUT2D eigenvalue weighted by atomic mass is 16.2. The standard InChI is InChI=1S/C29H31N3O/c1-4-32(22-10-6-5-7-11-22)29(33)26-15-9-14-25-23-12-8-13-24(23)27(30-28(25)26)20-16-18-21(19-17-20)31(2)3/h5-12,14-19,23-24,27,30H,4,13H2,1-3H3. The second kappa shape index (κ2) is 8.78. The minimum absolute atomic E-state index is 0.0372. The van der Waals surface area contributed by atoms with Crippen LogP contribution in [0.25, 0.3) is 0 Å². The number of rotatable bonds is 5. The molecule has 4 nitrogen and oxygen atoms in total. The molecular formula is C29H31N3O. The molecule has 0 saturated carbocycles. The summed E-state index contributed by atoms with van der Waals surface area (Å²) in [6.07, 6.45) is 5.67. The Kier molecular flexibility index (Phi) is 5.67. The molecule has 1 aliphatic heterocycles. The number of fused-ring (bicyclic) bond motifs is 3. The highest BCUT2D eigenvalue weighted by Crippen LogP contribution is 2.50. The predicted molar refractivity (Wildman–Crippen MR) is 137 cm³/mol. The molecule has 33 heavy (non-hydrogen) atoms. The average Bonchev–Trinajstić information content (AvgIpc) is 3.35. The molecule has 3 atom stereocenters. The summed E-state index contributed by atoms with van der Waals surface area (Å²) in [6.45, 7) is 2.65. The molecule has 0 aromatic heterocycles.